The van der Waals surface area contributed by atoms with Crippen LogP contribution in [-0.2, 0) is 9.53 Å². The highest BCUT2D eigenvalue weighted by molar-refractivity contribution is 5.75. The fraction of sp³-hybridized carbons (Fsp3) is 0.300. The molecule has 0 aliphatic heterocycles. The zero-order chi connectivity index (χ0) is 10.3. The number of hydrogen-bond donors (Lipinski definition) is 1. The van der Waals surface area contributed by atoms with Crippen molar-refractivity contribution in [1.29, 1.82) is 0 Å². The van der Waals surface area contributed by atoms with Gasteiger partial charge in [-0.2, -0.15) is 0 Å². The van der Waals surface area contributed by atoms with Crippen molar-refractivity contribution in [3.05, 3.63) is 36.3 Å². The van der Waals surface area contributed by atoms with Crippen LogP contribution in [0.4, 0.5) is 0 Å². The maximum absolute atomic E-state index is 10.8. The second-order valence-corrected chi connectivity index (χ2v) is 2.37. The van der Waals surface area contributed by atoms with Crippen molar-refractivity contribution in [3.8, 4) is 0 Å². The summed E-state index contributed by atoms with van der Waals surface area (Å²) < 4.78 is 5.05. The Morgan fingerprint density at radius 1 is 1.54 bits per heavy atom. The van der Waals surface area contributed by atoms with Crippen LogP contribution < -0.4 is 5.32 Å². The summed E-state index contributed by atoms with van der Waals surface area (Å²) in [6.07, 6.45) is 5.12. The van der Waals surface area contributed by atoms with E-state index in [1.807, 2.05) is 13.0 Å². The van der Waals surface area contributed by atoms with E-state index in [4.69, 9.17) is 4.74 Å². The number of allylic oxidation sites excluding steroid dienone is 3. The number of carbonyl (C=O) groups is 1. The average molecular weight is 181 g/mol. The van der Waals surface area contributed by atoms with Crippen molar-refractivity contribution < 1.29 is 9.53 Å². The smallest absolute Gasteiger partial charge is 0.221 e. The maximum Gasteiger partial charge on any atom is 0.221 e. The van der Waals surface area contributed by atoms with Crippen LogP contribution in [0.5, 0.6) is 0 Å². The molecule has 0 saturated carbocycles. The second kappa shape index (κ2) is 6.06. The molecule has 72 valence electrons. The van der Waals surface area contributed by atoms with Crippen LogP contribution >= 0.6 is 0 Å². The minimum Gasteiger partial charge on any atom is -0.495 e. The topological polar surface area (TPSA) is 38.3 Å². The summed E-state index contributed by atoms with van der Waals surface area (Å²) in [5.41, 5.74) is 0.577. The van der Waals surface area contributed by atoms with Gasteiger partial charge in [0.1, 0.15) is 5.76 Å². The Labute approximate surface area is 78.8 Å². The Balaban J connectivity index is 4.81. The minimum absolute atomic E-state index is 0.144. The van der Waals surface area contributed by atoms with Crippen molar-refractivity contribution in [3.63, 3.8) is 0 Å². The molecule has 0 spiro atoms. The highest BCUT2D eigenvalue weighted by atomic mass is 16.5. The number of methoxy groups -OCH3 is 1. The van der Waals surface area contributed by atoms with Gasteiger partial charge in [0, 0.05) is 6.92 Å². The first-order valence-electron chi connectivity index (χ1n) is 3.96. The molecule has 0 fully saturated rings. The molecule has 0 bridgehead atoms. The number of nitrogens with one attached hydrogen (secondary N) is 1. The molecule has 0 radical (unpaired) electrons. The summed E-state index contributed by atoms with van der Waals surface area (Å²) in [6.45, 7) is 6.88. The standard InChI is InChI=1S/C10H15NO2/c1-5-7-10(13-4)9(6-2)11-8(3)12/h5-7H,2H2,1,3-4H3,(H,11,12)/b7-5-,10-9-. The SMILES string of the molecule is C=C/C(NC(C)=O)=C(\C=C/C)OC. The first-order valence-corrected chi connectivity index (χ1v) is 3.96. The van der Waals surface area contributed by atoms with Crippen molar-refractivity contribution in [2.24, 2.45) is 0 Å². The van der Waals surface area contributed by atoms with Gasteiger partial charge >= 0.3 is 0 Å². The predicted molar refractivity (Wildman–Crippen MR) is 52.9 cm³/mol. The van der Waals surface area contributed by atoms with Gasteiger partial charge in [0.15, 0.2) is 0 Å². The lowest BCUT2D eigenvalue weighted by molar-refractivity contribution is -0.118. The van der Waals surface area contributed by atoms with E-state index < -0.39 is 0 Å². The van der Waals surface area contributed by atoms with Gasteiger partial charge in [0.05, 0.1) is 12.8 Å². The van der Waals surface area contributed by atoms with Gasteiger partial charge in [0.25, 0.3) is 0 Å². The molecule has 13 heavy (non-hydrogen) atoms. The molecule has 0 aromatic carbocycles. The Bertz CT molecular complexity index is 252. The molecule has 0 heterocycles. The van der Waals surface area contributed by atoms with Crippen molar-refractivity contribution in [1.82, 2.24) is 5.32 Å². The Hall–Kier alpha value is -1.51. The van der Waals surface area contributed by atoms with Gasteiger partial charge in [0.2, 0.25) is 5.91 Å². The van der Waals surface area contributed by atoms with Crippen molar-refractivity contribution in [2.75, 3.05) is 7.11 Å². The summed E-state index contributed by atoms with van der Waals surface area (Å²) >= 11 is 0. The summed E-state index contributed by atoms with van der Waals surface area (Å²) in [4.78, 5) is 10.8. The monoisotopic (exact) mass is 181 g/mol. The van der Waals surface area contributed by atoms with E-state index in [9.17, 15) is 4.79 Å². The third-order valence-corrected chi connectivity index (χ3v) is 1.32. The molecule has 3 heteroatoms. The van der Waals surface area contributed by atoms with E-state index in [1.165, 1.54) is 6.92 Å². The van der Waals surface area contributed by atoms with Crippen LogP contribution in [-0.4, -0.2) is 13.0 Å². The fourth-order valence-electron chi connectivity index (χ4n) is 0.822. The molecule has 0 unspecified atom stereocenters. The highest BCUT2D eigenvalue weighted by Gasteiger charge is 2.01. The number of ether oxygens (including phenoxy) is 1. The predicted octanol–water partition coefficient (Wildman–Crippen LogP) is 1.74. The van der Waals surface area contributed by atoms with E-state index in [0.29, 0.717) is 11.5 Å². The Morgan fingerprint density at radius 3 is 2.46 bits per heavy atom. The quantitative estimate of drug-likeness (QED) is 0.530. The van der Waals surface area contributed by atoms with Crippen LogP contribution in [0.25, 0.3) is 0 Å². The molecule has 3 nitrogen and oxygen atoms in total. The van der Waals surface area contributed by atoms with E-state index in [2.05, 4.69) is 11.9 Å². The minimum atomic E-state index is -0.144. The Kier molecular flexibility index (Phi) is 5.35. The maximum atomic E-state index is 10.8. The highest BCUT2D eigenvalue weighted by Crippen LogP contribution is 2.05. The largest absolute Gasteiger partial charge is 0.495 e. The van der Waals surface area contributed by atoms with Gasteiger partial charge in [-0.3, -0.25) is 4.79 Å². The van der Waals surface area contributed by atoms with Gasteiger partial charge in [-0.15, -0.1) is 0 Å². The number of hydrogen-bond acceptors (Lipinski definition) is 2. The molecule has 0 aromatic rings. The van der Waals surface area contributed by atoms with E-state index >= 15 is 0 Å². The molecule has 0 aliphatic rings. The summed E-state index contributed by atoms with van der Waals surface area (Å²) in [6, 6.07) is 0. The summed E-state index contributed by atoms with van der Waals surface area (Å²) in [5, 5.41) is 2.61. The zero-order valence-corrected chi connectivity index (χ0v) is 8.26. The number of amides is 1. The van der Waals surface area contributed by atoms with Gasteiger partial charge in [-0.05, 0) is 19.1 Å². The van der Waals surface area contributed by atoms with Gasteiger partial charge in [-0.1, -0.05) is 12.7 Å². The lowest BCUT2D eigenvalue weighted by Crippen LogP contribution is -2.19. The first-order chi connectivity index (χ1) is 6.15. The van der Waals surface area contributed by atoms with Crippen molar-refractivity contribution >= 4 is 5.91 Å². The number of carbonyl (C=O) groups excluding carboxylic acids is 1. The molecule has 0 aliphatic carbocycles. The van der Waals surface area contributed by atoms with Gasteiger partial charge < -0.3 is 10.1 Å². The van der Waals surface area contributed by atoms with Crippen LogP contribution in [0, 0.1) is 0 Å². The molecular weight excluding hydrogens is 166 g/mol. The normalized spacial score (nSPS) is 12.2. The van der Waals surface area contributed by atoms with E-state index in [-0.39, 0.29) is 5.91 Å². The van der Waals surface area contributed by atoms with E-state index in [1.54, 1.807) is 19.3 Å². The van der Waals surface area contributed by atoms with E-state index in [0.717, 1.165) is 0 Å². The molecular formula is C10H15NO2. The third-order valence-electron chi connectivity index (χ3n) is 1.32. The summed E-state index contributed by atoms with van der Waals surface area (Å²) in [7, 11) is 1.54. The Morgan fingerprint density at radius 2 is 2.15 bits per heavy atom. The zero-order valence-electron chi connectivity index (χ0n) is 8.26. The van der Waals surface area contributed by atoms with Crippen LogP contribution in [0.1, 0.15) is 13.8 Å². The number of rotatable bonds is 4. The fourth-order valence-corrected chi connectivity index (χ4v) is 0.822. The molecule has 1 amide bonds. The van der Waals surface area contributed by atoms with Crippen LogP contribution in [0.3, 0.4) is 0 Å². The molecule has 0 atom stereocenters. The summed E-state index contributed by atoms with van der Waals surface area (Å²) in [5.74, 6) is 0.446. The molecule has 0 saturated heterocycles. The molecule has 0 rings (SSSR count). The molecule has 1 N–H and O–H groups in total. The molecule has 0 aromatic heterocycles. The van der Waals surface area contributed by atoms with Crippen LogP contribution in [0.15, 0.2) is 36.3 Å². The lowest BCUT2D eigenvalue weighted by Gasteiger charge is -2.07. The average Bonchev–Trinajstić information content (AvgIpc) is 2.10. The first kappa shape index (κ1) is 11.5. The second-order valence-electron chi connectivity index (χ2n) is 2.37. The van der Waals surface area contributed by atoms with Crippen molar-refractivity contribution in [2.45, 2.75) is 13.8 Å². The van der Waals surface area contributed by atoms with Gasteiger partial charge in [-0.25, -0.2) is 0 Å². The lowest BCUT2D eigenvalue weighted by atomic mass is 10.3. The third kappa shape index (κ3) is 4.15. The van der Waals surface area contributed by atoms with Crippen LogP contribution in [0.2, 0.25) is 0 Å².